The van der Waals surface area contributed by atoms with Crippen LogP contribution in [-0.4, -0.2) is 51.2 Å². The Morgan fingerprint density at radius 1 is 0.756 bits per heavy atom. The summed E-state index contributed by atoms with van der Waals surface area (Å²) in [5, 5.41) is 17.5. The molecular formula is C33H29F2N9O. The van der Waals surface area contributed by atoms with Crippen LogP contribution in [0, 0.1) is 25.5 Å². The van der Waals surface area contributed by atoms with E-state index in [2.05, 4.69) is 31.5 Å². The van der Waals surface area contributed by atoms with Crippen molar-refractivity contribution in [1.82, 2.24) is 44.1 Å². The molecule has 7 aromatic rings. The molecule has 226 valence electrons. The molecule has 1 aliphatic rings. The maximum Gasteiger partial charge on any atom is 0.182 e. The Kier molecular flexibility index (Phi) is 6.93. The summed E-state index contributed by atoms with van der Waals surface area (Å²) < 4.78 is 38.0. The SMILES string of the molecule is COCn1c(-c2nc3cc(C)nnc3n2C)cc2ccc(F)cc21.Cc1cc2nc(C3=Cc4ccc(F)cc4C3)n(C)c2nn1. The van der Waals surface area contributed by atoms with E-state index in [4.69, 9.17) is 9.72 Å². The number of ether oxygens (including phenoxy) is 1. The van der Waals surface area contributed by atoms with Crippen molar-refractivity contribution in [3.8, 4) is 11.5 Å². The van der Waals surface area contributed by atoms with Crippen LogP contribution in [-0.2, 0) is 32.0 Å². The molecule has 0 radical (unpaired) electrons. The van der Waals surface area contributed by atoms with Crippen LogP contribution in [0.25, 0.3) is 56.4 Å². The van der Waals surface area contributed by atoms with Gasteiger partial charge in [0.25, 0.3) is 0 Å². The molecule has 0 aliphatic heterocycles. The van der Waals surface area contributed by atoms with Crippen molar-refractivity contribution in [3.05, 3.63) is 94.6 Å². The Hall–Kier alpha value is -5.36. The molecule has 0 N–H and O–H groups in total. The first-order valence-electron chi connectivity index (χ1n) is 14.3. The standard InChI is InChI=1S/C17H16FN5O.C16H13FN4/c1-10-6-13-16(21-20-10)22(2)17(19-13)15-7-11-4-5-12(18)8-14(11)23(15)9-24-3;1-9-5-14-16(20-19-9)21(2)15(18-14)12-6-10-3-4-13(17)8-11(10)7-12/h4-8H,9H2,1-3H3;3-6,8H,7H2,1-2H3. The van der Waals surface area contributed by atoms with Gasteiger partial charge >= 0.3 is 0 Å². The highest BCUT2D eigenvalue weighted by Gasteiger charge is 2.21. The average Bonchev–Trinajstić information content (AvgIpc) is 3.75. The fourth-order valence-corrected chi connectivity index (χ4v) is 5.81. The zero-order chi connectivity index (χ0) is 31.4. The van der Waals surface area contributed by atoms with E-state index in [1.807, 2.05) is 65.9 Å². The molecule has 1 aliphatic carbocycles. The van der Waals surface area contributed by atoms with Crippen LogP contribution in [0.15, 0.2) is 54.6 Å². The Morgan fingerprint density at radius 3 is 2.07 bits per heavy atom. The molecule has 0 atom stereocenters. The van der Waals surface area contributed by atoms with Crippen molar-refractivity contribution in [1.29, 1.82) is 0 Å². The molecule has 2 aromatic carbocycles. The largest absolute Gasteiger partial charge is 0.364 e. The molecule has 12 heteroatoms. The molecule has 8 rings (SSSR count). The van der Waals surface area contributed by atoms with Gasteiger partial charge in [-0.05, 0) is 79.6 Å². The van der Waals surface area contributed by atoms with Crippen molar-refractivity contribution in [2.75, 3.05) is 7.11 Å². The summed E-state index contributed by atoms with van der Waals surface area (Å²) in [5.74, 6) is 1.12. The average molecular weight is 606 g/mol. The minimum Gasteiger partial charge on any atom is -0.364 e. The minimum absolute atomic E-state index is 0.199. The van der Waals surface area contributed by atoms with Crippen LogP contribution in [0.1, 0.15) is 28.3 Å². The molecule has 0 fully saturated rings. The van der Waals surface area contributed by atoms with Crippen molar-refractivity contribution in [3.63, 3.8) is 0 Å². The Bertz CT molecular complexity index is 2300. The van der Waals surface area contributed by atoms with E-state index in [0.29, 0.717) is 18.8 Å². The Morgan fingerprint density at radius 2 is 1.38 bits per heavy atom. The summed E-state index contributed by atoms with van der Waals surface area (Å²) in [6.07, 6.45) is 2.76. The first-order valence-corrected chi connectivity index (χ1v) is 14.3. The van der Waals surface area contributed by atoms with E-state index in [1.54, 1.807) is 19.2 Å². The molecule has 0 saturated heterocycles. The highest BCUT2D eigenvalue weighted by Crippen LogP contribution is 2.33. The number of fused-ring (bicyclic) bond motifs is 4. The van der Waals surface area contributed by atoms with E-state index in [9.17, 15) is 8.78 Å². The summed E-state index contributed by atoms with van der Waals surface area (Å²) in [6.45, 7) is 4.08. The van der Waals surface area contributed by atoms with E-state index in [0.717, 1.165) is 73.0 Å². The van der Waals surface area contributed by atoms with Crippen molar-refractivity contribution >= 4 is 44.9 Å². The first kappa shape index (κ1) is 28.4. The molecule has 0 bridgehead atoms. The van der Waals surface area contributed by atoms with Crippen LogP contribution in [0.3, 0.4) is 0 Å². The number of hydrogen-bond donors (Lipinski definition) is 0. The summed E-state index contributed by atoms with van der Waals surface area (Å²) in [6, 6.07) is 15.4. The van der Waals surface area contributed by atoms with Gasteiger partial charge in [0.05, 0.1) is 22.6 Å². The van der Waals surface area contributed by atoms with E-state index in [-0.39, 0.29) is 11.6 Å². The molecule has 5 aromatic heterocycles. The summed E-state index contributed by atoms with van der Waals surface area (Å²) in [5.41, 5.74) is 9.48. The summed E-state index contributed by atoms with van der Waals surface area (Å²) in [7, 11) is 5.43. The van der Waals surface area contributed by atoms with Gasteiger partial charge in [-0.2, -0.15) is 10.2 Å². The third-order valence-electron chi connectivity index (χ3n) is 7.93. The van der Waals surface area contributed by atoms with Gasteiger partial charge in [-0.3, -0.25) is 0 Å². The lowest BCUT2D eigenvalue weighted by Gasteiger charge is -2.09. The van der Waals surface area contributed by atoms with Gasteiger partial charge in [-0.25, -0.2) is 18.7 Å². The number of aryl methyl sites for hydroxylation is 4. The smallest absolute Gasteiger partial charge is 0.182 e. The molecule has 0 saturated carbocycles. The van der Waals surface area contributed by atoms with Gasteiger partial charge in [-0.15, -0.1) is 10.2 Å². The monoisotopic (exact) mass is 605 g/mol. The number of rotatable bonds is 4. The van der Waals surface area contributed by atoms with Crippen LogP contribution < -0.4 is 0 Å². The minimum atomic E-state index is -0.281. The fourth-order valence-electron chi connectivity index (χ4n) is 5.81. The summed E-state index contributed by atoms with van der Waals surface area (Å²) >= 11 is 0. The molecular weight excluding hydrogens is 576 g/mol. The third kappa shape index (κ3) is 5.02. The fraction of sp³-hybridized carbons (Fsp3) is 0.212. The molecule has 0 amide bonds. The van der Waals surface area contributed by atoms with E-state index >= 15 is 0 Å². The lowest BCUT2D eigenvalue weighted by atomic mass is 10.1. The number of benzene rings is 2. The number of halogens is 2. The topological polar surface area (TPSA) is 101 Å². The lowest BCUT2D eigenvalue weighted by molar-refractivity contribution is 0.136. The van der Waals surface area contributed by atoms with Crippen molar-refractivity contribution < 1.29 is 13.5 Å². The van der Waals surface area contributed by atoms with Crippen LogP contribution >= 0.6 is 0 Å². The second-order valence-electron chi connectivity index (χ2n) is 11.1. The maximum absolute atomic E-state index is 13.7. The number of methoxy groups -OCH3 is 1. The maximum atomic E-state index is 13.7. The van der Waals surface area contributed by atoms with Gasteiger partial charge < -0.3 is 18.4 Å². The summed E-state index contributed by atoms with van der Waals surface area (Å²) in [4.78, 5) is 9.35. The normalized spacial score (nSPS) is 12.6. The number of imidazole rings is 2. The predicted octanol–water partition coefficient (Wildman–Crippen LogP) is 5.94. The predicted molar refractivity (Wildman–Crippen MR) is 168 cm³/mol. The van der Waals surface area contributed by atoms with Gasteiger partial charge in [0.2, 0.25) is 0 Å². The van der Waals surface area contributed by atoms with Crippen LogP contribution in [0.5, 0.6) is 0 Å². The number of nitrogens with zero attached hydrogens (tertiary/aromatic N) is 9. The molecule has 0 spiro atoms. The van der Waals surface area contributed by atoms with Crippen molar-refractivity contribution in [2.24, 2.45) is 14.1 Å². The van der Waals surface area contributed by atoms with Gasteiger partial charge in [0.15, 0.2) is 17.1 Å². The van der Waals surface area contributed by atoms with Gasteiger partial charge in [0.1, 0.15) is 35.2 Å². The van der Waals surface area contributed by atoms with Crippen LogP contribution in [0.4, 0.5) is 8.78 Å². The second-order valence-corrected chi connectivity index (χ2v) is 11.1. The highest BCUT2D eigenvalue weighted by molar-refractivity contribution is 5.89. The first-order chi connectivity index (χ1) is 21.7. The Balaban J connectivity index is 0.000000146. The zero-order valence-corrected chi connectivity index (χ0v) is 25.4. The van der Waals surface area contributed by atoms with Gasteiger partial charge in [0, 0.05) is 38.6 Å². The second kappa shape index (κ2) is 11.0. The highest BCUT2D eigenvalue weighted by atomic mass is 19.1. The molecule has 0 unspecified atom stereocenters. The third-order valence-corrected chi connectivity index (χ3v) is 7.93. The quantitative estimate of drug-likeness (QED) is 0.245. The number of hydrogen-bond acceptors (Lipinski definition) is 7. The van der Waals surface area contributed by atoms with Crippen LogP contribution in [0.2, 0.25) is 0 Å². The number of allylic oxidation sites excluding steroid dienone is 1. The van der Waals surface area contributed by atoms with Gasteiger partial charge in [-0.1, -0.05) is 6.07 Å². The molecule has 5 heterocycles. The molecule has 45 heavy (non-hydrogen) atoms. The van der Waals surface area contributed by atoms with Crippen molar-refractivity contribution in [2.45, 2.75) is 27.0 Å². The molecule has 10 nitrogen and oxygen atoms in total. The lowest BCUT2D eigenvalue weighted by Crippen LogP contribution is -2.05. The Labute approximate surface area is 256 Å². The number of aromatic nitrogens is 9. The van der Waals surface area contributed by atoms with E-state index in [1.165, 1.54) is 18.2 Å². The zero-order valence-electron chi connectivity index (χ0n) is 25.4. The van der Waals surface area contributed by atoms with E-state index < -0.39 is 0 Å².